The fourth-order valence-electron chi connectivity index (χ4n) is 3.99. The number of carbonyl (C=O) groups excluding carboxylic acids is 2. The molecule has 2 aromatic heterocycles. The summed E-state index contributed by atoms with van der Waals surface area (Å²) in [5.74, 6) is -0.0802. The number of pyridine rings is 1. The highest BCUT2D eigenvalue weighted by molar-refractivity contribution is 6.35. The molecule has 3 heterocycles. The highest BCUT2D eigenvalue weighted by Gasteiger charge is 2.31. The van der Waals surface area contributed by atoms with Gasteiger partial charge in [-0.2, -0.15) is 0 Å². The third-order valence-corrected chi connectivity index (χ3v) is 6.03. The first kappa shape index (κ1) is 22.1. The number of fused-ring (bicyclic) bond motifs is 1. The van der Waals surface area contributed by atoms with E-state index in [-0.39, 0.29) is 18.0 Å². The van der Waals surface area contributed by atoms with Crippen molar-refractivity contribution in [2.45, 2.75) is 26.3 Å². The molecule has 1 aromatic carbocycles. The van der Waals surface area contributed by atoms with Crippen LogP contribution in [-0.2, 0) is 11.8 Å². The standard InChI is InChI=1S/C24H27ClN4O3/c1-4-11-32-24(31)29-10-9-28(14-16(29)2)23(30)17-5-6-19-20(25)13-21(26-22(19)12-17)18-7-8-27(3)15-18/h5-8,12-13,15-16H,4,9-11,14H2,1-3H3/t16-/m0/s1. The highest BCUT2D eigenvalue weighted by atomic mass is 35.5. The van der Waals surface area contributed by atoms with E-state index in [2.05, 4.69) is 0 Å². The van der Waals surface area contributed by atoms with Gasteiger partial charge in [-0.05, 0) is 37.6 Å². The predicted octanol–water partition coefficient (Wildman–Crippen LogP) is 4.59. The summed E-state index contributed by atoms with van der Waals surface area (Å²) in [5.41, 5.74) is 2.96. The molecule has 168 valence electrons. The monoisotopic (exact) mass is 454 g/mol. The maximum Gasteiger partial charge on any atom is 0.410 e. The van der Waals surface area contributed by atoms with E-state index in [4.69, 9.17) is 21.3 Å². The molecule has 1 aliphatic rings. The van der Waals surface area contributed by atoms with Crippen molar-refractivity contribution in [2.24, 2.45) is 7.05 Å². The first-order valence-electron chi connectivity index (χ1n) is 10.8. The summed E-state index contributed by atoms with van der Waals surface area (Å²) in [6.07, 6.45) is 4.40. The average molecular weight is 455 g/mol. The minimum atomic E-state index is -0.315. The lowest BCUT2D eigenvalue weighted by Crippen LogP contribution is -2.55. The Labute approximate surface area is 192 Å². The zero-order valence-electron chi connectivity index (χ0n) is 18.5. The minimum absolute atomic E-state index is 0.0802. The number of piperazine rings is 1. The van der Waals surface area contributed by atoms with Crippen molar-refractivity contribution in [3.05, 3.63) is 53.3 Å². The number of ether oxygens (including phenoxy) is 1. The second kappa shape index (κ2) is 9.20. The Kier molecular flexibility index (Phi) is 6.37. The van der Waals surface area contributed by atoms with Gasteiger partial charge in [0.2, 0.25) is 0 Å². The lowest BCUT2D eigenvalue weighted by Gasteiger charge is -2.39. The summed E-state index contributed by atoms with van der Waals surface area (Å²) < 4.78 is 7.20. The van der Waals surface area contributed by atoms with Crippen LogP contribution >= 0.6 is 11.6 Å². The second-order valence-electron chi connectivity index (χ2n) is 8.19. The molecule has 1 atom stereocenters. The molecular weight excluding hydrogens is 428 g/mol. The summed E-state index contributed by atoms with van der Waals surface area (Å²) in [6.45, 7) is 5.66. The number of carbonyl (C=O) groups is 2. The van der Waals surface area contributed by atoms with Crippen LogP contribution in [0.15, 0.2) is 42.7 Å². The van der Waals surface area contributed by atoms with Gasteiger partial charge in [-0.25, -0.2) is 9.78 Å². The Hall–Kier alpha value is -3.06. The van der Waals surface area contributed by atoms with Crippen LogP contribution in [0.25, 0.3) is 22.2 Å². The molecule has 0 saturated carbocycles. The van der Waals surface area contributed by atoms with E-state index in [0.29, 0.717) is 42.3 Å². The summed E-state index contributed by atoms with van der Waals surface area (Å²) in [4.78, 5) is 33.6. The van der Waals surface area contributed by atoms with Crippen molar-refractivity contribution >= 4 is 34.5 Å². The second-order valence-corrected chi connectivity index (χ2v) is 8.60. The lowest BCUT2D eigenvalue weighted by molar-refractivity contribution is 0.0412. The molecule has 3 aromatic rings. The van der Waals surface area contributed by atoms with E-state index in [0.717, 1.165) is 23.1 Å². The molecule has 7 nitrogen and oxygen atoms in total. The van der Waals surface area contributed by atoms with Crippen LogP contribution in [0.1, 0.15) is 30.6 Å². The van der Waals surface area contributed by atoms with Crippen LogP contribution in [0.2, 0.25) is 5.02 Å². The molecule has 0 radical (unpaired) electrons. The molecule has 0 N–H and O–H groups in total. The van der Waals surface area contributed by atoms with Crippen LogP contribution in [-0.4, -0.2) is 63.6 Å². The van der Waals surface area contributed by atoms with Crippen molar-refractivity contribution in [1.29, 1.82) is 0 Å². The number of benzene rings is 1. The van der Waals surface area contributed by atoms with E-state index < -0.39 is 0 Å². The quantitative estimate of drug-likeness (QED) is 0.578. The molecule has 0 spiro atoms. The van der Waals surface area contributed by atoms with Crippen molar-refractivity contribution in [1.82, 2.24) is 19.4 Å². The number of hydrogen-bond donors (Lipinski definition) is 0. The highest BCUT2D eigenvalue weighted by Crippen LogP contribution is 2.29. The smallest absolute Gasteiger partial charge is 0.410 e. The Morgan fingerprint density at radius 3 is 2.72 bits per heavy atom. The molecule has 32 heavy (non-hydrogen) atoms. The van der Waals surface area contributed by atoms with Crippen LogP contribution in [0.5, 0.6) is 0 Å². The van der Waals surface area contributed by atoms with Crippen LogP contribution < -0.4 is 0 Å². The van der Waals surface area contributed by atoms with E-state index in [9.17, 15) is 9.59 Å². The van der Waals surface area contributed by atoms with Crippen LogP contribution in [0.3, 0.4) is 0 Å². The first-order valence-corrected chi connectivity index (χ1v) is 11.2. The van der Waals surface area contributed by atoms with Gasteiger partial charge < -0.3 is 19.1 Å². The molecule has 1 saturated heterocycles. The zero-order chi connectivity index (χ0) is 22.8. The molecule has 0 unspecified atom stereocenters. The Bertz CT molecular complexity index is 1160. The third kappa shape index (κ3) is 4.43. The zero-order valence-corrected chi connectivity index (χ0v) is 19.3. The van der Waals surface area contributed by atoms with Crippen molar-refractivity contribution in [3.63, 3.8) is 0 Å². The van der Waals surface area contributed by atoms with Gasteiger partial charge in [0.05, 0.1) is 22.8 Å². The summed E-state index contributed by atoms with van der Waals surface area (Å²) >= 11 is 6.51. The van der Waals surface area contributed by atoms with Gasteiger partial charge in [0.15, 0.2) is 0 Å². The molecule has 8 heteroatoms. The van der Waals surface area contributed by atoms with Crippen molar-refractivity contribution < 1.29 is 14.3 Å². The van der Waals surface area contributed by atoms with Crippen molar-refractivity contribution in [2.75, 3.05) is 26.2 Å². The van der Waals surface area contributed by atoms with Gasteiger partial charge >= 0.3 is 6.09 Å². The average Bonchev–Trinajstić information content (AvgIpc) is 3.22. The molecule has 0 bridgehead atoms. The summed E-state index contributed by atoms with van der Waals surface area (Å²) in [7, 11) is 1.95. The molecule has 4 rings (SSSR count). The van der Waals surface area contributed by atoms with Gasteiger partial charge in [0.1, 0.15) is 0 Å². The topological polar surface area (TPSA) is 67.7 Å². The summed E-state index contributed by atoms with van der Waals surface area (Å²) in [5, 5.41) is 1.40. The first-order chi connectivity index (χ1) is 15.4. The van der Waals surface area contributed by atoms with Gasteiger partial charge in [-0.3, -0.25) is 4.79 Å². The van der Waals surface area contributed by atoms with Gasteiger partial charge in [0.25, 0.3) is 5.91 Å². The fourth-order valence-corrected chi connectivity index (χ4v) is 4.25. The largest absolute Gasteiger partial charge is 0.449 e. The van der Waals surface area contributed by atoms with E-state index in [1.54, 1.807) is 21.9 Å². The fraction of sp³-hybridized carbons (Fsp3) is 0.375. The molecule has 1 aliphatic heterocycles. The number of nitrogens with zero attached hydrogens (tertiary/aromatic N) is 4. The Morgan fingerprint density at radius 2 is 2.03 bits per heavy atom. The SMILES string of the molecule is CCCOC(=O)N1CCN(C(=O)c2ccc3c(Cl)cc(-c4ccn(C)c4)nc3c2)C[C@@H]1C. The van der Waals surface area contributed by atoms with E-state index >= 15 is 0 Å². The number of aryl methyl sites for hydroxylation is 1. The number of rotatable bonds is 4. The molecule has 1 fully saturated rings. The molecule has 0 aliphatic carbocycles. The van der Waals surface area contributed by atoms with Gasteiger partial charge in [-0.15, -0.1) is 0 Å². The molecule has 2 amide bonds. The Balaban J connectivity index is 1.54. The van der Waals surface area contributed by atoms with E-state index in [1.165, 1.54) is 0 Å². The van der Waals surface area contributed by atoms with Crippen molar-refractivity contribution in [3.8, 4) is 11.3 Å². The maximum absolute atomic E-state index is 13.2. The number of aromatic nitrogens is 2. The van der Waals surface area contributed by atoms with Gasteiger partial charge in [-0.1, -0.05) is 24.6 Å². The minimum Gasteiger partial charge on any atom is -0.449 e. The number of amides is 2. The van der Waals surface area contributed by atoms with Gasteiger partial charge in [0, 0.05) is 61.6 Å². The lowest BCUT2D eigenvalue weighted by atomic mass is 10.1. The number of hydrogen-bond acceptors (Lipinski definition) is 4. The summed E-state index contributed by atoms with van der Waals surface area (Å²) in [6, 6.07) is 9.13. The maximum atomic E-state index is 13.2. The predicted molar refractivity (Wildman–Crippen MR) is 125 cm³/mol. The Morgan fingerprint density at radius 1 is 1.22 bits per heavy atom. The van der Waals surface area contributed by atoms with E-state index in [1.807, 2.05) is 56.1 Å². The van der Waals surface area contributed by atoms with Crippen LogP contribution in [0, 0.1) is 0 Å². The number of halogens is 1. The van der Waals surface area contributed by atoms with Crippen LogP contribution in [0.4, 0.5) is 4.79 Å². The third-order valence-electron chi connectivity index (χ3n) is 5.71. The normalized spacial score (nSPS) is 16.4. The molecular formula is C24H27ClN4O3.